The molecular weight excluding hydrogens is 324 g/mol. The fourth-order valence-electron chi connectivity index (χ4n) is 2.46. The maximum absolute atomic E-state index is 12.6. The SMILES string of the molecule is COCCN(Cc1ccc(C)s1)C(=O)N[C@@H](C)Cc1cc(C)[nH]n1. The fraction of sp³-hybridized carbons (Fsp3) is 0.529. The lowest BCUT2D eigenvalue weighted by atomic mass is 10.2. The summed E-state index contributed by atoms with van der Waals surface area (Å²) in [4.78, 5) is 16.8. The Hall–Kier alpha value is -1.86. The molecule has 0 fully saturated rings. The number of urea groups is 1. The van der Waals surface area contributed by atoms with Crippen molar-refractivity contribution in [3.8, 4) is 0 Å². The molecule has 0 aliphatic heterocycles. The van der Waals surface area contributed by atoms with Crippen molar-refractivity contribution in [1.82, 2.24) is 20.4 Å². The summed E-state index contributed by atoms with van der Waals surface area (Å²) in [6.45, 7) is 7.71. The molecule has 0 unspecified atom stereocenters. The molecule has 2 heterocycles. The van der Waals surface area contributed by atoms with Crippen molar-refractivity contribution < 1.29 is 9.53 Å². The molecule has 0 aliphatic carbocycles. The minimum Gasteiger partial charge on any atom is -0.383 e. The van der Waals surface area contributed by atoms with Crippen LogP contribution in [0.25, 0.3) is 0 Å². The van der Waals surface area contributed by atoms with Crippen molar-refractivity contribution in [2.24, 2.45) is 0 Å². The van der Waals surface area contributed by atoms with Crippen molar-refractivity contribution in [1.29, 1.82) is 0 Å². The lowest BCUT2D eigenvalue weighted by molar-refractivity contribution is 0.145. The second kappa shape index (κ2) is 8.84. The van der Waals surface area contributed by atoms with Crippen LogP contribution in [-0.4, -0.2) is 47.4 Å². The molecule has 0 saturated heterocycles. The number of rotatable bonds is 8. The van der Waals surface area contributed by atoms with Gasteiger partial charge in [-0.05, 0) is 39.0 Å². The third kappa shape index (κ3) is 5.65. The van der Waals surface area contributed by atoms with Crippen molar-refractivity contribution in [3.63, 3.8) is 0 Å². The minimum atomic E-state index is -0.0714. The number of ether oxygens (including phenoxy) is 1. The van der Waals surface area contributed by atoms with Gasteiger partial charge in [0.05, 0.1) is 18.8 Å². The van der Waals surface area contributed by atoms with Crippen LogP contribution in [-0.2, 0) is 17.7 Å². The summed E-state index contributed by atoms with van der Waals surface area (Å²) in [5, 5.41) is 10.2. The number of nitrogens with zero attached hydrogens (tertiary/aromatic N) is 2. The van der Waals surface area contributed by atoms with Gasteiger partial charge in [-0.15, -0.1) is 11.3 Å². The van der Waals surface area contributed by atoms with Crippen LogP contribution in [0.15, 0.2) is 18.2 Å². The van der Waals surface area contributed by atoms with E-state index in [1.165, 1.54) is 9.75 Å². The molecule has 7 heteroatoms. The molecule has 2 aromatic rings. The number of nitrogens with one attached hydrogen (secondary N) is 2. The first-order valence-corrected chi connectivity index (χ1v) is 8.90. The average molecular weight is 350 g/mol. The van der Waals surface area contributed by atoms with Crippen molar-refractivity contribution in [2.45, 2.75) is 39.8 Å². The van der Waals surface area contributed by atoms with Crippen LogP contribution >= 0.6 is 11.3 Å². The van der Waals surface area contributed by atoms with Gasteiger partial charge < -0.3 is 15.0 Å². The fourth-order valence-corrected chi connectivity index (χ4v) is 3.36. The Morgan fingerprint density at radius 1 is 1.46 bits per heavy atom. The van der Waals surface area contributed by atoms with Crippen molar-refractivity contribution >= 4 is 17.4 Å². The summed E-state index contributed by atoms with van der Waals surface area (Å²) in [5.41, 5.74) is 1.98. The summed E-state index contributed by atoms with van der Waals surface area (Å²) >= 11 is 1.71. The molecule has 2 N–H and O–H groups in total. The van der Waals surface area contributed by atoms with E-state index in [-0.39, 0.29) is 12.1 Å². The molecule has 2 amide bonds. The highest BCUT2D eigenvalue weighted by atomic mass is 32.1. The predicted octanol–water partition coefficient (Wildman–Crippen LogP) is 2.88. The molecule has 0 saturated carbocycles. The number of amides is 2. The second-order valence-electron chi connectivity index (χ2n) is 6.02. The largest absolute Gasteiger partial charge is 0.383 e. The van der Waals surface area contributed by atoms with Gasteiger partial charge in [-0.3, -0.25) is 5.10 Å². The second-order valence-corrected chi connectivity index (χ2v) is 7.40. The van der Waals surface area contributed by atoms with E-state index in [0.717, 1.165) is 11.4 Å². The van der Waals surface area contributed by atoms with E-state index in [0.29, 0.717) is 26.1 Å². The first kappa shape index (κ1) is 18.5. The standard InChI is InChI=1S/C17H26N4O2S/c1-12(9-15-10-13(2)19-20-15)18-17(22)21(7-8-23-4)11-16-6-5-14(3)24-16/h5-6,10,12H,7-9,11H2,1-4H3,(H,18,22)(H,19,20)/t12-/m0/s1. The van der Waals surface area contributed by atoms with Gasteiger partial charge in [-0.2, -0.15) is 5.10 Å². The lowest BCUT2D eigenvalue weighted by Crippen LogP contribution is -2.45. The van der Waals surface area contributed by atoms with Gasteiger partial charge in [0.1, 0.15) is 0 Å². The third-order valence-electron chi connectivity index (χ3n) is 3.64. The number of carbonyl (C=O) groups is 1. The number of aromatic nitrogens is 2. The monoisotopic (exact) mass is 350 g/mol. The van der Waals surface area contributed by atoms with E-state index in [2.05, 4.69) is 34.6 Å². The highest BCUT2D eigenvalue weighted by Crippen LogP contribution is 2.17. The third-order valence-corrected chi connectivity index (χ3v) is 4.62. The van der Waals surface area contributed by atoms with Crippen LogP contribution in [0, 0.1) is 13.8 Å². The van der Waals surface area contributed by atoms with Crippen molar-refractivity contribution in [2.75, 3.05) is 20.3 Å². The van der Waals surface area contributed by atoms with Crippen LogP contribution in [0.3, 0.4) is 0 Å². The number of hydrogen-bond acceptors (Lipinski definition) is 4. The first-order valence-electron chi connectivity index (χ1n) is 8.08. The molecule has 0 aliphatic rings. The number of aryl methyl sites for hydroxylation is 2. The summed E-state index contributed by atoms with van der Waals surface area (Å²) < 4.78 is 5.14. The minimum absolute atomic E-state index is 0.00955. The Morgan fingerprint density at radius 2 is 2.25 bits per heavy atom. The van der Waals surface area contributed by atoms with Gasteiger partial charge in [-0.25, -0.2) is 4.79 Å². The number of thiophene rings is 1. The van der Waals surface area contributed by atoms with Gasteiger partial charge in [-0.1, -0.05) is 0 Å². The normalized spacial score (nSPS) is 12.2. The van der Waals surface area contributed by atoms with Crippen LogP contribution in [0.5, 0.6) is 0 Å². The molecule has 6 nitrogen and oxygen atoms in total. The van der Waals surface area contributed by atoms with E-state index in [1.807, 2.05) is 19.9 Å². The smallest absolute Gasteiger partial charge is 0.318 e. The van der Waals surface area contributed by atoms with Crippen LogP contribution in [0.2, 0.25) is 0 Å². The van der Waals surface area contributed by atoms with Gasteiger partial charge >= 0.3 is 6.03 Å². The Bertz CT molecular complexity index is 653. The van der Waals surface area contributed by atoms with E-state index >= 15 is 0 Å². The molecular formula is C17H26N4O2S. The number of methoxy groups -OCH3 is 1. The van der Waals surface area contributed by atoms with Gasteiger partial charge in [0.2, 0.25) is 0 Å². The number of aromatic amines is 1. The Balaban J connectivity index is 1.92. The summed E-state index contributed by atoms with van der Waals surface area (Å²) in [7, 11) is 1.65. The predicted molar refractivity (Wildman–Crippen MR) is 96.4 cm³/mol. The van der Waals surface area contributed by atoms with Gasteiger partial charge in [0.25, 0.3) is 0 Å². The Labute approximate surface area is 147 Å². The quantitative estimate of drug-likeness (QED) is 0.769. The lowest BCUT2D eigenvalue weighted by Gasteiger charge is -2.24. The number of H-pyrrole nitrogens is 1. The average Bonchev–Trinajstić information content (AvgIpc) is 3.11. The van der Waals surface area contributed by atoms with Crippen molar-refractivity contribution in [3.05, 3.63) is 39.3 Å². The highest BCUT2D eigenvalue weighted by Gasteiger charge is 2.17. The molecule has 0 radical (unpaired) electrons. The molecule has 0 aromatic carbocycles. The molecule has 2 aromatic heterocycles. The molecule has 2 rings (SSSR count). The Kier molecular flexibility index (Phi) is 6.81. The molecule has 0 spiro atoms. The van der Waals surface area contributed by atoms with E-state index in [4.69, 9.17) is 4.74 Å². The summed E-state index contributed by atoms with van der Waals surface area (Å²) in [6.07, 6.45) is 0.701. The number of hydrogen-bond donors (Lipinski definition) is 2. The van der Waals surface area contributed by atoms with Gasteiger partial charge in [0, 0.05) is 41.6 Å². The zero-order valence-electron chi connectivity index (χ0n) is 14.8. The topological polar surface area (TPSA) is 70.2 Å². The van der Waals surface area contributed by atoms with Gasteiger partial charge in [0.15, 0.2) is 0 Å². The number of carbonyl (C=O) groups excluding carboxylic acids is 1. The first-order chi connectivity index (χ1) is 11.5. The summed E-state index contributed by atoms with van der Waals surface area (Å²) in [5.74, 6) is 0. The maximum atomic E-state index is 12.6. The zero-order chi connectivity index (χ0) is 17.5. The highest BCUT2D eigenvalue weighted by molar-refractivity contribution is 7.11. The molecule has 24 heavy (non-hydrogen) atoms. The van der Waals surface area contributed by atoms with Crippen LogP contribution in [0.4, 0.5) is 4.79 Å². The molecule has 132 valence electrons. The molecule has 1 atom stereocenters. The van der Waals surface area contributed by atoms with E-state index in [9.17, 15) is 4.79 Å². The molecule has 0 bridgehead atoms. The van der Waals surface area contributed by atoms with Crippen LogP contribution < -0.4 is 5.32 Å². The van der Waals surface area contributed by atoms with E-state index < -0.39 is 0 Å². The van der Waals surface area contributed by atoms with E-state index in [1.54, 1.807) is 23.3 Å². The maximum Gasteiger partial charge on any atom is 0.318 e. The zero-order valence-corrected chi connectivity index (χ0v) is 15.6. The summed E-state index contributed by atoms with van der Waals surface area (Å²) in [6, 6.07) is 6.09. The Morgan fingerprint density at radius 3 is 2.83 bits per heavy atom. The van der Waals surface area contributed by atoms with Crippen LogP contribution in [0.1, 0.15) is 28.1 Å².